The average Bonchev–Trinajstić information content (AvgIpc) is 2.83. The SMILES string of the molecule is CCCN1CCc2nc(SCC(=O)N3CCN(c4ccc(OC)cc4)CC3)[nH]c(=O)c2C1. The van der Waals surface area contributed by atoms with Crippen molar-refractivity contribution in [2.24, 2.45) is 0 Å². The predicted octanol–water partition coefficient (Wildman–Crippen LogP) is 1.99. The molecule has 2 aliphatic heterocycles. The third-order valence-corrected chi connectivity index (χ3v) is 6.93. The lowest BCUT2D eigenvalue weighted by molar-refractivity contribution is -0.128. The first kappa shape index (κ1) is 22.7. The number of benzene rings is 1. The van der Waals surface area contributed by atoms with Crippen LogP contribution in [0.15, 0.2) is 34.2 Å². The second-order valence-electron chi connectivity index (χ2n) is 8.18. The number of carbonyl (C=O) groups excluding carboxylic acids is 1. The molecule has 0 aliphatic carbocycles. The highest BCUT2D eigenvalue weighted by atomic mass is 32.2. The van der Waals surface area contributed by atoms with Crippen molar-refractivity contribution in [1.29, 1.82) is 0 Å². The molecule has 0 spiro atoms. The molecule has 2 aliphatic rings. The Balaban J connectivity index is 1.29. The standard InChI is InChI=1S/C23H31N5O3S/c1-3-9-26-10-8-20-19(15-26)22(30)25-23(24-20)32-16-21(29)28-13-11-27(12-14-28)17-4-6-18(31-2)7-5-17/h4-7H,3,8-16H2,1-2H3,(H,24,25,30). The number of aromatic nitrogens is 2. The van der Waals surface area contributed by atoms with Crippen LogP contribution in [0.1, 0.15) is 24.6 Å². The number of hydrogen-bond acceptors (Lipinski definition) is 7. The maximum atomic E-state index is 12.7. The van der Waals surface area contributed by atoms with E-state index in [1.807, 2.05) is 29.2 Å². The summed E-state index contributed by atoms with van der Waals surface area (Å²) in [4.78, 5) is 39.3. The number of H-pyrrole nitrogens is 1. The van der Waals surface area contributed by atoms with Crippen LogP contribution >= 0.6 is 11.8 Å². The van der Waals surface area contributed by atoms with Gasteiger partial charge in [-0.1, -0.05) is 18.7 Å². The molecule has 0 radical (unpaired) electrons. The minimum Gasteiger partial charge on any atom is -0.497 e. The predicted molar refractivity (Wildman–Crippen MR) is 127 cm³/mol. The van der Waals surface area contributed by atoms with Crippen LogP contribution in [0.5, 0.6) is 5.75 Å². The summed E-state index contributed by atoms with van der Waals surface area (Å²) in [7, 11) is 1.66. The van der Waals surface area contributed by atoms with Crippen LogP contribution in [0, 0.1) is 0 Å². The van der Waals surface area contributed by atoms with E-state index >= 15 is 0 Å². The molecule has 1 amide bonds. The van der Waals surface area contributed by atoms with E-state index in [1.165, 1.54) is 11.8 Å². The van der Waals surface area contributed by atoms with Crippen molar-refractivity contribution >= 4 is 23.4 Å². The second kappa shape index (κ2) is 10.4. The molecule has 1 N–H and O–H groups in total. The van der Waals surface area contributed by atoms with Gasteiger partial charge in [-0.15, -0.1) is 0 Å². The first-order chi connectivity index (χ1) is 15.6. The van der Waals surface area contributed by atoms with Crippen molar-refractivity contribution in [1.82, 2.24) is 19.8 Å². The van der Waals surface area contributed by atoms with E-state index in [4.69, 9.17) is 4.74 Å². The minimum absolute atomic E-state index is 0.0705. The summed E-state index contributed by atoms with van der Waals surface area (Å²) in [5.74, 6) is 1.21. The summed E-state index contributed by atoms with van der Waals surface area (Å²) >= 11 is 1.32. The molecule has 0 saturated carbocycles. The van der Waals surface area contributed by atoms with Gasteiger partial charge in [0.1, 0.15) is 5.75 Å². The van der Waals surface area contributed by atoms with Crippen LogP contribution in [-0.2, 0) is 17.8 Å². The van der Waals surface area contributed by atoms with Crippen molar-refractivity contribution in [2.75, 3.05) is 57.0 Å². The van der Waals surface area contributed by atoms with E-state index in [1.54, 1.807) is 7.11 Å². The molecule has 8 nitrogen and oxygen atoms in total. The number of methoxy groups -OCH3 is 1. The van der Waals surface area contributed by atoms with Gasteiger partial charge in [0.2, 0.25) is 5.91 Å². The summed E-state index contributed by atoms with van der Waals surface area (Å²) in [6.07, 6.45) is 1.86. The first-order valence-corrected chi connectivity index (χ1v) is 12.2. The third-order valence-electron chi connectivity index (χ3n) is 6.07. The zero-order chi connectivity index (χ0) is 22.5. The number of anilines is 1. The topological polar surface area (TPSA) is 81.8 Å². The number of nitrogens with one attached hydrogen (secondary N) is 1. The normalized spacial score (nSPS) is 16.7. The van der Waals surface area contributed by atoms with Crippen molar-refractivity contribution in [3.8, 4) is 5.75 Å². The Morgan fingerprint density at radius 1 is 1.16 bits per heavy atom. The van der Waals surface area contributed by atoms with E-state index in [-0.39, 0.29) is 17.2 Å². The molecule has 0 unspecified atom stereocenters. The number of rotatable bonds is 7. The summed E-state index contributed by atoms with van der Waals surface area (Å²) < 4.78 is 5.22. The maximum Gasteiger partial charge on any atom is 0.256 e. The fraction of sp³-hybridized carbons (Fsp3) is 0.522. The lowest BCUT2D eigenvalue weighted by Crippen LogP contribution is -2.49. The number of nitrogens with zero attached hydrogens (tertiary/aromatic N) is 4. The Bertz CT molecular complexity index is 986. The van der Waals surface area contributed by atoms with Gasteiger partial charge >= 0.3 is 0 Å². The smallest absolute Gasteiger partial charge is 0.256 e. The number of amides is 1. The highest BCUT2D eigenvalue weighted by Gasteiger charge is 2.23. The highest BCUT2D eigenvalue weighted by Crippen LogP contribution is 2.22. The lowest BCUT2D eigenvalue weighted by Gasteiger charge is -2.36. The Kier molecular flexibility index (Phi) is 7.36. The van der Waals surface area contributed by atoms with Crippen LogP contribution in [-0.4, -0.2) is 77.8 Å². The van der Waals surface area contributed by atoms with E-state index in [2.05, 4.69) is 26.7 Å². The monoisotopic (exact) mass is 457 g/mol. The molecule has 172 valence electrons. The molecule has 2 aromatic rings. The van der Waals surface area contributed by atoms with Crippen LogP contribution in [0.4, 0.5) is 5.69 Å². The van der Waals surface area contributed by atoms with Gasteiger partial charge in [0, 0.05) is 51.4 Å². The summed E-state index contributed by atoms with van der Waals surface area (Å²) in [6.45, 7) is 7.70. The van der Waals surface area contributed by atoms with Gasteiger partial charge in [-0.05, 0) is 37.2 Å². The summed E-state index contributed by atoms with van der Waals surface area (Å²) in [5, 5.41) is 0.544. The zero-order valence-electron chi connectivity index (χ0n) is 18.8. The molecule has 9 heteroatoms. The van der Waals surface area contributed by atoms with Crippen molar-refractivity contribution in [2.45, 2.75) is 31.5 Å². The van der Waals surface area contributed by atoms with Gasteiger partial charge in [0.25, 0.3) is 5.56 Å². The second-order valence-corrected chi connectivity index (χ2v) is 9.14. The minimum atomic E-state index is -0.0705. The number of hydrogen-bond donors (Lipinski definition) is 1. The van der Waals surface area contributed by atoms with E-state index in [0.717, 1.165) is 61.7 Å². The van der Waals surface area contributed by atoms with E-state index in [0.29, 0.717) is 24.8 Å². The molecule has 0 bridgehead atoms. The molecular weight excluding hydrogens is 426 g/mol. The summed E-state index contributed by atoms with van der Waals surface area (Å²) in [6, 6.07) is 8.01. The molecule has 1 aromatic carbocycles. The van der Waals surface area contributed by atoms with Gasteiger partial charge in [0.05, 0.1) is 24.1 Å². The molecular formula is C23H31N5O3S. The first-order valence-electron chi connectivity index (χ1n) is 11.2. The number of ether oxygens (including phenoxy) is 1. The van der Waals surface area contributed by atoms with Crippen LogP contribution in [0.3, 0.4) is 0 Å². The quantitative estimate of drug-likeness (QED) is 0.503. The number of carbonyl (C=O) groups is 1. The van der Waals surface area contributed by atoms with Crippen LogP contribution in [0.2, 0.25) is 0 Å². The molecule has 3 heterocycles. The van der Waals surface area contributed by atoms with Crippen LogP contribution < -0.4 is 15.2 Å². The number of fused-ring (bicyclic) bond motifs is 1. The fourth-order valence-corrected chi connectivity index (χ4v) is 5.04. The van der Waals surface area contributed by atoms with Gasteiger partial charge in [-0.2, -0.15) is 0 Å². The van der Waals surface area contributed by atoms with Crippen molar-refractivity contribution in [3.05, 3.63) is 45.9 Å². The number of piperazine rings is 1. The molecule has 4 rings (SSSR count). The molecule has 1 fully saturated rings. The lowest BCUT2D eigenvalue weighted by atomic mass is 10.1. The van der Waals surface area contributed by atoms with Crippen molar-refractivity contribution in [3.63, 3.8) is 0 Å². The maximum absolute atomic E-state index is 12.7. The molecule has 32 heavy (non-hydrogen) atoms. The Morgan fingerprint density at radius 3 is 2.59 bits per heavy atom. The van der Waals surface area contributed by atoms with Gasteiger partial charge < -0.3 is 19.5 Å². The van der Waals surface area contributed by atoms with Gasteiger partial charge in [0.15, 0.2) is 5.16 Å². The highest BCUT2D eigenvalue weighted by molar-refractivity contribution is 7.99. The van der Waals surface area contributed by atoms with E-state index < -0.39 is 0 Å². The Morgan fingerprint density at radius 2 is 1.91 bits per heavy atom. The third kappa shape index (κ3) is 5.27. The fourth-order valence-electron chi connectivity index (χ4n) is 4.26. The number of thioether (sulfide) groups is 1. The average molecular weight is 458 g/mol. The van der Waals surface area contributed by atoms with Crippen LogP contribution in [0.25, 0.3) is 0 Å². The molecule has 1 aromatic heterocycles. The molecule has 1 saturated heterocycles. The van der Waals surface area contributed by atoms with Gasteiger partial charge in [-0.3, -0.25) is 14.5 Å². The van der Waals surface area contributed by atoms with Crippen molar-refractivity contribution < 1.29 is 9.53 Å². The van der Waals surface area contributed by atoms with Gasteiger partial charge in [-0.25, -0.2) is 4.98 Å². The van der Waals surface area contributed by atoms with E-state index in [9.17, 15) is 9.59 Å². The largest absolute Gasteiger partial charge is 0.497 e. The Labute approximate surface area is 192 Å². The Hall–Kier alpha value is -2.52. The zero-order valence-corrected chi connectivity index (χ0v) is 19.6. The number of aromatic amines is 1. The summed E-state index contributed by atoms with van der Waals surface area (Å²) in [5.41, 5.74) is 2.72. The molecule has 0 atom stereocenters.